The van der Waals surface area contributed by atoms with Crippen molar-refractivity contribution in [1.29, 1.82) is 0 Å². The number of rotatable bonds is 1. The van der Waals surface area contributed by atoms with E-state index in [4.69, 9.17) is 9.85 Å². The van der Waals surface area contributed by atoms with Gasteiger partial charge < -0.3 is 0 Å². The van der Waals surface area contributed by atoms with E-state index in [-0.39, 0.29) is 15.3 Å². The van der Waals surface area contributed by atoms with Crippen LogP contribution in [0.25, 0.3) is 0 Å². The number of hydrogen-bond donors (Lipinski definition) is 0. The van der Waals surface area contributed by atoms with Crippen LogP contribution >= 0.6 is 17.8 Å². The second kappa shape index (κ2) is 7.43. The molecule has 63 valence electrons. The van der Waals surface area contributed by atoms with Crippen LogP contribution in [0.5, 0.6) is 0 Å². The first-order valence-corrected chi connectivity index (χ1v) is 8.75. The molecule has 1 aliphatic rings. The average molecular weight is 228 g/mol. The topological polar surface area (TPSA) is 0 Å². The molecule has 0 aromatic rings. The number of hydrogen-bond acceptors (Lipinski definition) is 0. The van der Waals surface area contributed by atoms with Crippen LogP contribution in [-0.2, 0) is 15.3 Å². The first kappa shape index (κ1) is 11.8. The van der Waals surface area contributed by atoms with Gasteiger partial charge in [0.1, 0.15) is 0 Å². The molecule has 0 aliphatic heterocycles. The van der Waals surface area contributed by atoms with E-state index < -0.39 is 0 Å². The van der Waals surface area contributed by atoms with Gasteiger partial charge in [-0.15, -0.1) is 7.92 Å². The third kappa shape index (κ3) is 8.69. The fourth-order valence-electron chi connectivity index (χ4n) is 0.499. The van der Waals surface area contributed by atoms with E-state index in [0.29, 0.717) is 7.92 Å². The third-order valence-electron chi connectivity index (χ3n) is 0.860. The molecular formula is C8H14ClPV. The molecule has 0 saturated carbocycles. The van der Waals surface area contributed by atoms with Crippen molar-refractivity contribution in [3.63, 3.8) is 0 Å². The van der Waals surface area contributed by atoms with Crippen molar-refractivity contribution in [1.82, 2.24) is 0 Å². The Bertz CT molecular complexity index is 149. The van der Waals surface area contributed by atoms with Gasteiger partial charge in [0.25, 0.3) is 0 Å². The fourth-order valence-corrected chi connectivity index (χ4v) is 1.51. The molecule has 1 rings (SSSR count). The maximum absolute atomic E-state index is 5.59. The monoisotopic (exact) mass is 227 g/mol. The summed E-state index contributed by atoms with van der Waals surface area (Å²) in [4.78, 5) is 0. The minimum absolute atomic E-state index is 0.00521. The third-order valence-corrected chi connectivity index (χ3v) is 2.61. The minimum atomic E-state index is -0.00521. The Labute approximate surface area is 82.0 Å². The molecule has 0 saturated heterocycles. The van der Waals surface area contributed by atoms with Gasteiger partial charge in [-0.1, -0.05) is 0 Å². The SMILES string of the molecule is CP(C)C.[Cl][V][C]1=CC=CC1. The van der Waals surface area contributed by atoms with E-state index in [2.05, 4.69) is 38.2 Å². The van der Waals surface area contributed by atoms with Crippen LogP contribution in [0.4, 0.5) is 0 Å². The van der Waals surface area contributed by atoms with Gasteiger partial charge in [-0.3, -0.25) is 0 Å². The Balaban J connectivity index is 0.000000218. The Morgan fingerprint density at radius 1 is 1.45 bits per heavy atom. The molecule has 0 aromatic heterocycles. The van der Waals surface area contributed by atoms with Gasteiger partial charge >= 0.3 is 54.1 Å². The van der Waals surface area contributed by atoms with E-state index in [1.807, 2.05) is 0 Å². The summed E-state index contributed by atoms with van der Waals surface area (Å²) in [5, 5.41) is 0. The molecule has 0 nitrogen and oxygen atoms in total. The number of allylic oxidation sites excluding steroid dienone is 4. The van der Waals surface area contributed by atoms with Crippen LogP contribution in [0.1, 0.15) is 6.42 Å². The predicted molar refractivity (Wildman–Crippen MR) is 52.4 cm³/mol. The summed E-state index contributed by atoms with van der Waals surface area (Å²) in [6, 6.07) is 0. The van der Waals surface area contributed by atoms with Crippen molar-refractivity contribution >= 4 is 17.8 Å². The second-order valence-electron chi connectivity index (χ2n) is 2.72. The molecule has 0 aromatic carbocycles. The Morgan fingerprint density at radius 3 is 2.18 bits per heavy atom. The van der Waals surface area contributed by atoms with Crippen molar-refractivity contribution in [2.45, 2.75) is 6.42 Å². The molecule has 11 heavy (non-hydrogen) atoms. The van der Waals surface area contributed by atoms with Gasteiger partial charge in [0.2, 0.25) is 0 Å². The normalized spacial score (nSPS) is 14.1. The molecule has 0 spiro atoms. The standard InChI is InChI=1S/C5H5.C3H9P.ClH.V/c1-2-4-5-3-1;1-4(2)3;;/h1-3H,4H2;1-3H3;1H;/q;;;+1/p-1. The number of halogens is 1. The van der Waals surface area contributed by atoms with Crippen LogP contribution in [-0.4, -0.2) is 20.0 Å². The van der Waals surface area contributed by atoms with Crippen LogP contribution in [0.2, 0.25) is 0 Å². The summed E-state index contributed by atoms with van der Waals surface area (Å²) in [5.74, 6) is 0. The molecule has 0 unspecified atom stereocenters. The van der Waals surface area contributed by atoms with E-state index >= 15 is 0 Å². The molecule has 3 heteroatoms. The van der Waals surface area contributed by atoms with E-state index in [9.17, 15) is 0 Å². The van der Waals surface area contributed by atoms with Crippen molar-refractivity contribution in [3.8, 4) is 0 Å². The van der Waals surface area contributed by atoms with Crippen molar-refractivity contribution in [2.24, 2.45) is 0 Å². The van der Waals surface area contributed by atoms with Crippen molar-refractivity contribution in [3.05, 3.63) is 22.5 Å². The summed E-state index contributed by atoms with van der Waals surface area (Å²) in [7, 11) is 5.97. The molecule has 0 fully saturated rings. The molecule has 0 atom stereocenters. The molecular weight excluding hydrogens is 213 g/mol. The first-order valence-electron chi connectivity index (χ1n) is 3.45. The maximum atomic E-state index is 5.59. The van der Waals surface area contributed by atoms with Gasteiger partial charge in [0.05, 0.1) is 0 Å². The predicted octanol–water partition coefficient (Wildman–Crippen LogP) is 3.42. The van der Waals surface area contributed by atoms with E-state index in [1.165, 1.54) is 4.28 Å². The van der Waals surface area contributed by atoms with Crippen molar-refractivity contribution < 1.29 is 15.3 Å². The fraction of sp³-hybridized carbons (Fsp3) is 0.500. The summed E-state index contributed by atoms with van der Waals surface area (Å²) in [6.45, 7) is 6.69. The van der Waals surface area contributed by atoms with Gasteiger partial charge in [0.15, 0.2) is 0 Å². The summed E-state index contributed by atoms with van der Waals surface area (Å²) in [6.07, 6.45) is 7.40. The van der Waals surface area contributed by atoms with Gasteiger partial charge in [-0.2, -0.15) is 0 Å². The Kier molecular flexibility index (Phi) is 7.96. The average Bonchev–Trinajstić information content (AvgIpc) is 2.36. The molecule has 1 aliphatic carbocycles. The first-order chi connectivity index (χ1) is 5.16. The zero-order valence-corrected chi connectivity index (χ0v) is 10.3. The Morgan fingerprint density at radius 2 is 2.00 bits per heavy atom. The van der Waals surface area contributed by atoms with Crippen LogP contribution in [0.15, 0.2) is 22.5 Å². The van der Waals surface area contributed by atoms with Crippen LogP contribution in [0, 0.1) is 0 Å². The second-order valence-corrected chi connectivity index (χ2v) is 7.26. The van der Waals surface area contributed by atoms with E-state index in [0.717, 1.165) is 6.42 Å². The Hall–Kier alpha value is 0.784. The quantitative estimate of drug-likeness (QED) is 0.602. The molecule has 0 amide bonds. The van der Waals surface area contributed by atoms with Gasteiger partial charge in [0, 0.05) is 0 Å². The van der Waals surface area contributed by atoms with Crippen LogP contribution < -0.4 is 0 Å². The zero-order chi connectivity index (χ0) is 8.69. The molecule has 0 heterocycles. The van der Waals surface area contributed by atoms with E-state index in [1.54, 1.807) is 0 Å². The summed E-state index contributed by atoms with van der Waals surface area (Å²) < 4.78 is 1.41. The molecule has 0 N–H and O–H groups in total. The van der Waals surface area contributed by atoms with Gasteiger partial charge in [-0.25, -0.2) is 0 Å². The summed E-state index contributed by atoms with van der Waals surface area (Å²) >= 11 is -0.00521. The summed E-state index contributed by atoms with van der Waals surface area (Å²) in [5.41, 5.74) is 0. The molecule has 0 radical (unpaired) electrons. The van der Waals surface area contributed by atoms with Crippen molar-refractivity contribution in [2.75, 3.05) is 20.0 Å². The van der Waals surface area contributed by atoms with Gasteiger partial charge in [-0.05, 0) is 20.0 Å². The molecule has 0 bridgehead atoms. The zero-order valence-electron chi connectivity index (χ0n) is 7.21. The van der Waals surface area contributed by atoms with Crippen LogP contribution in [0.3, 0.4) is 0 Å².